The van der Waals surface area contributed by atoms with Crippen molar-refractivity contribution >= 4 is 27.8 Å². The quantitative estimate of drug-likeness (QED) is 0.355. The number of rotatable bonds is 2. The second kappa shape index (κ2) is 4.94. The predicted molar refractivity (Wildman–Crippen MR) is 69.0 cm³/mol. The molecule has 2 aromatic carbocycles. The van der Waals surface area contributed by atoms with Gasteiger partial charge in [-0.3, -0.25) is 0 Å². The van der Waals surface area contributed by atoms with Crippen molar-refractivity contribution in [3.8, 4) is 0 Å². The average Bonchev–Trinajstić information content (AvgIpc) is 2.31. The first-order chi connectivity index (χ1) is 7.75. The summed E-state index contributed by atoms with van der Waals surface area (Å²) in [7, 11) is 0. The summed E-state index contributed by atoms with van der Waals surface area (Å²) >= 11 is 3.33. The maximum absolute atomic E-state index is 11.8. The van der Waals surface area contributed by atoms with E-state index in [9.17, 15) is 5.21 Å². The van der Waals surface area contributed by atoms with Crippen LogP contribution in [0.25, 0.3) is 0 Å². The molecule has 0 radical (unpaired) electrons. The van der Waals surface area contributed by atoms with Crippen LogP contribution in [0.3, 0.4) is 0 Å². The van der Waals surface area contributed by atoms with Crippen LogP contribution in [0, 0.1) is 5.21 Å². The molecule has 0 saturated carbocycles. The fourth-order valence-corrected chi connectivity index (χ4v) is 1.60. The van der Waals surface area contributed by atoms with E-state index >= 15 is 0 Å². The molecule has 2 rings (SSSR count). The molecule has 3 heteroatoms. The maximum Gasteiger partial charge on any atom is 0.216 e. The van der Waals surface area contributed by atoms with Crippen molar-refractivity contribution < 1.29 is 4.74 Å². The van der Waals surface area contributed by atoms with Crippen molar-refractivity contribution in [1.29, 1.82) is 0 Å². The van der Waals surface area contributed by atoms with Crippen LogP contribution in [-0.2, 0) is 0 Å². The summed E-state index contributed by atoms with van der Waals surface area (Å²) in [6.45, 7) is 0. The Balaban J connectivity index is 2.28. The summed E-state index contributed by atoms with van der Waals surface area (Å²) < 4.78 is 1.83. The summed E-state index contributed by atoms with van der Waals surface area (Å²) in [5.74, 6) is 0. The van der Waals surface area contributed by atoms with Crippen LogP contribution in [-0.4, -0.2) is 11.0 Å². The fraction of sp³-hybridized carbons (Fsp3) is 0. The van der Waals surface area contributed by atoms with Gasteiger partial charge in [-0.25, -0.2) is 0 Å². The van der Waals surface area contributed by atoms with Gasteiger partial charge in [-0.2, -0.15) is 4.74 Å². The molecule has 0 saturated heterocycles. The lowest BCUT2D eigenvalue weighted by Gasteiger charge is -2.02. The summed E-state index contributed by atoms with van der Waals surface area (Å²) in [5, 5.41) is 11.8. The third-order valence-corrected chi connectivity index (χ3v) is 2.68. The van der Waals surface area contributed by atoms with Crippen LogP contribution >= 0.6 is 15.9 Å². The van der Waals surface area contributed by atoms with Gasteiger partial charge in [0.1, 0.15) is 0 Å². The third kappa shape index (κ3) is 2.70. The van der Waals surface area contributed by atoms with Crippen LogP contribution in [0.1, 0.15) is 5.56 Å². The standard InChI is InChI=1S/C13H10BrNO/c14-12-6-8-13(9-7-12)15(16)10-11-4-2-1-3-5-11/h1-10H/b15-10+. The molecular formula is C13H10BrNO. The minimum Gasteiger partial charge on any atom is -0.618 e. The van der Waals surface area contributed by atoms with Gasteiger partial charge in [0.2, 0.25) is 5.69 Å². The van der Waals surface area contributed by atoms with Crippen LogP contribution in [0.15, 0.2) is 59.1 Å². The minimum atomic E-state index is 0.618. The first kappa shape index (κ1) is 10.9. The van der Waals surface area contributed by atoms with Crippen molar-refractivity contribution in [2.45, 2.75) is 0 Å². The number of nitrogens with zero attached hydrogens (tertiary/aromatic N) is 1. The zero-order chi connectivity index (χ0) is 11.4. The highest BCUT2D eigenvalue weighted by Crippen LogP contribution is 2.16. The molecule has 0 aliphatic rings. The molecule has 0 N–H and O–H groups in total. The molecule has 16 heavy (non-hydrogen) atoms. The number of hydrogen-bond donors (Lipinski definition) is 0. The Bertz CT molecular complexity index is 491. The minimum absolute atomic E-state index is 0.618. The highest BCUT2D eigenvalue weighted by molar-refractivity contribution is 9.10. The molecule has 80 valence electrons. The van der Waals surface area contributed by atoms with E-state index in [4.69, 9.17) is 0 Å². The Kier molecular flexibility index (Phi) is 3.37. The lowest BCUT2D eigenvalue weighted by atomic mass is 10.2. The van der Waals surface area contributed by atoms with Gasteiger partial charge in [0, 0.05) is 22.2 Å². The van der Waals surface area contributed by atoms with E-state index in [0.29, 0.717) is 5.69 Å². The Morgan fingerprint density at radius 3 is 2.19 bits per heavy atom. The topological polar surface area (TPSA) is 26.1 Å². The fourth-order valence-electron chi connectivity index (χ4n) is 1.34. The molecule has 0 fully saturated rings. The lowest BCUT2D eigenvalue weighted by molar-refractivity contribution is -0.354. The molecule has 0 aliphatic carbocycles. The van der Waals surface area contributed by atoms with Gasteiger partial charge in [0.05, 0.1) is 0 Å². The van der Waals surface area contributed by atoms with E-state index in [1.807, 2.05) is 42.5 Å². The Morgan fingerprint density at radius 2 is 1.56 bits per heavy atom. The van der Waals surface area contributed by atoms with E-state index in [1.165, 1.54) is 0 Å². The normalized spacial score (nSPS) is 11.4. The van der Waals surface area contributed by atoms with Crippen molar-refractivity contribution in [2.75, 3.05) is 0 Å². The summed E-state index contributed by atoms with van der Waals surface area (Å²) in [6, 6.07) is 16.8. The Labute approximate surface area is 103 Å². The van der Waals surface area contributed by atoms with Crippen molar-refractivity contribution in [1.82, 2.24) is 0 Å². The van der Waals surface area contributed by atoms with Crippen molar-refractivity contribution in [2.24, 2.45) is 0 Å². The van der Waals surface area contributed by atoms with Gasteiger partial charge >= 0.3 is 0 Å². The van der Waals surface area contributed by atoms with Gasteiger partial charge in [0.25, 0.3) is 0 Å². The average molecular weight is 276 g/mol. The van der Waals surface area contributed by atoms with Gasteiger partial charge in [-0.05, 0) is 24.3 Å². The molecule has 0 aromatic heterocycles. The van der Waals surface area contributed by atoms with Crippen molar-refractivity contribution in [3.63, 3.8) is 0 Å². The largest absolute Gasteiger partial charge is 0.618 e. The molecule has 0 amide bonds. The zero-order valence-corrected chi connectivity index (χ0v) is 10.1. The van der Waals surface area contributed by atoms with E-state index < -0.39 is 0 Å². The first-order valence-corrected chi connectivity index (χ1v) is 5.67. The summed E-state index contributed by atoms with van der Waals surface area (Å²) in [6.07, 6.45) is 1.56. The van der Waals surface area contributed by atoms with Gasteiger partial charge in [0.15, 0.2) is 6.21 Å². The van der Waals surface area contributed by atoms with Crippen LogP contribution in [0.2, 0.25) is 0 Å². The molecule has 0 heterocycles. The molecule has 2 nitrogen and oxygen atoms in total. The second-order valence-corrected chi connectivity index (χ2v) is 4.26. The van der Waals surface area contributed by atoms with Crippen LogP contribution in [0.5, 0.6) is 0 Å². The Hall–Kier alpha value is -1.61. The van der Waals surface area contributed by atoms with Crippen LogP contribution < -0.4 is 0 Å². The first-order valence-electron chi connectivity index (χ1n) is 4.87. The van der Waals surface area contributed by atoms with E-state index in [-0.39, 0.29) is 0 Å². The molecule has 0 aliphatic heterocycles. The van der Waals surface area contributed by atoms with Gasteiger partial charge < -0.3 is 5.21 Å². The maximum atomic E-state index is 11.8. The molecule has 0 bridgehead atoms. The summed E-state index contributed by atoms with van der Waals surface area (Å²) in [5.41, 5.74) is 1.51. The SMILES string of the molecule is [O-]/[N+](=C/c1ccccc1)c1ccc(Br)cc1. The third-order valence-electron chi connectivity index (χ3n) is 2.15. The smallest absolute Gasteiger partial charge is 0.216 e. The van der Waals surface area contributed by atoms with Crippen LogP contribution in [0.4, 0.5) is 5.69 Å². The molecule has 0 spiro atoms. The number of hydrogen-bond acceptors (Lipinski definition) is 1. The van der Waals surface area contributed by atoms with E-state index in [1.54, 1.807) is 18.3 Å². The molecule has 2 aromatic rings. The van der Waals surface area contributed by atoms with E-state index in [0.717, 1.165) is 14.8 Å². The zero-order valence-electron chi connectivity index (χ0n) is 8.51. The van der Waals surface area contributed by atoms with Gasteiger partial charge in [-0.1, -0.05) is 34.1 Å². The van der Waals surface area contributed by atoms with Crippen molar-refractivity contribution in [3.05, 3.63) is 69.8 Å². The van der Waals surface area contributed by atoms with E-state index in [2.05, 4.69) is 15.9 Å². The summed E-state index contributed by atoms with van der Waals surface area (Å²) in [4.78, 5) is 0. The lowest BCUT2D eigenvalue weighted by Crippen LogP contribution is -1.98. The second-order valence-electron chi connectivity index (χ2n) is 3.34. The van der Waals surface area contributed by atoms with Gasteiger partial charge in [-0.15, -0.1) is 0 Å². The highest BCUT2D eigenvalue weighted by Gasteiger charge is 2.00. The molecular weight excluding hydrogens is 266 g/mol. The predicted octanol–water partition coefficient (Wildman–Crippen LogP) is 3.71. The highest BCUT2D eigenvalue weighted by atomic mass is 79.9. The monoisotopic (exact) mass is 275 g/mol. The molecule has 0 atom stereocenters. The number of benzene rings is 2. The number of halogens is 1. The Morgan fingerprint density at radius 1 is 0.938 bits per heavy atom. The molecule has 0 unspecified atom stereocenters.